The number of carbonyl (C=O) groups excluding carboxylic acids is 1. The number of rotatable bonds is 2. The highest BCUT2D eigenvalue weighted by Crippen LogP contribution is 2.24. The van der Waals surface area contributed by atoms with E-state index in [2.05, 4.69) is 41.9 Å². The van der Waals surface area contributed by atoms with Gasteiger partial charge in [-0.25, -0.2) is 4.98 Å². The summed E-state index contributed by atoms with van der Waals surface area (Å²) in [5.74, 6) is 0.0937. The number of benzene rings is 1. The van der Waals surface area contributed by atoms with Crippen molar-refractivity contribution in [1.82, 2.24) is 14.3 Å². The standard InChI is InChI=1S/C20H22N4O/c1-15-4-3-5-18(16(15)2)22-10-12-23(13-11-22)20(25)17-6-7-19-21-8-9-24(19)14-17/h3-9,14H,10-13H2,1-2H3. The Labute approximate surface area is 147 Å². The average molecular weight is 334 g/mol. The number of pyridine rings is 1. The molecule has 3 heterocycles. The van der Waals surface area contributed by atoms with Crippen LogP contribution < -0.4 is 4.90 Å². The first-order valence-corrected chi connectivity index (χ1v) is 8.66. The number of piperazine rings is 1. The third kappa shape index (κ3) is 2.86. The first kappa shape index (κ1) is 15.7. The highest BCUT2D eigenvalue weighted by molar-refractivity contribution is 5.94. The molecule has 1 amide bonds. The zero-order chi connectivity index (χ0) is 17.4. The largest absolute Gasteiger partial charge is 0.368 e. The minimum Gasteiger partial charge on any atom is -0.368 e. The SMILES string of the molecule is Cc1cccc(N2CCN(C(=O)c3ccc4nccn4c3)CC2)c1C. The van der Waals surface area contributed by atoms with Crippen LogP contribution in [0.3, 0.4) is 0 Å². The number of imidazole rings is 1. The van der Waals surface area contributed by atoms with Crippen molar-refractivity contribution < 1.29 is 4.79 Å². The summed E-state index contributed by atoms with van der Waals surface area (Å²) in [6.07, 6.45) is 5.47. The first-order chi connectivity index (χ1) is 12.1. The van der Waals surface area contributed by atoms with Crippen molar-refractivity contribution in [3.05, 3.63) is 65.6 Å². The molecule has 25 heavy (non-hydrogen) atoms. The number of fused-ring (bicyclic) bond motifs is 1. The third-order valence-electron chi connectivity index (χ3n) is 5.12. The van der Waals surface area contributed by atoms with E-state index in [-0.39, 0.29) is 5.91 Å². The van der Waals surface area contributed by atoms with Crippen molar-refractivity contribution in [3.8, 4) is 0 Å². The van der Waals surface area contributed by atoms with Crippen LogP contribution in [0.1, 0.15) is 21.5 Å². The molecule has 0 atom stereocenters. The number of hydrogen-bond donors (Lipinski definition) is 0. The molecule has 0 N–H and O–H groups in total. The fraction of sp³-hybridized carbons (Fsp3) is 0.300. The van der Waals surface area contributed by atoms with Gasteiger partial charge in [0.05, 0.1) is 5.56 Å². The molecule has 128 valence electrons. The smallest absolute Gasteiger partial charge is 0.255 e. The molecule has 1 aliphatic rings. The second-order valence-electron chi connectivity index (χ2n) is 6.61. The minimum absolute atomic E-state index is 0.0937. The van der Waals surface area contributed by atoms with E-state index in [4.69, 9.17) is 0 Å². The van der Waals surface area contributed by atoms with Crippen molar-refractivity contribution in [2.24, 2.45) is 0 Å². The van der Waals surface area contributed by atoms with Crippen molar-refractivity contribution in [1.29, 1.82) is 0 Å². The lowest BCUT2D eigenvalue weighted by molar-refractivity contribution is 0.0746. The first-order valence-electron chi connectivity index (χ1n) is 8.66. The van der Waals surface area contributed by atoms with Crippen molar-refractivity contribution >= 4 is 17.2 Å². The van der Waals surface area contributed by atoms with Gasteiger partial charge in [-0.1, -0.05) is 12.1 Å². The molecule has 0 unspecified atom stereocenters. The van der Waals surface area contributed by atoms with Crippen LogP contribution in [-0.2, 0) is 0 Å². The lowest BCUT2D eigenvalue weighted by Gasteiger charge is -2.37. The Hall–Kier alpha value is -2.82. The van der Waals surface area contributed by atoms with E-state index in [0.29, 0.717) is 5.56 Å². The van der Waals surface area contributed by atoms with Gasteiger partial charge in [-0.15, -0.1) is 0 Å². The Morgan fingerprint density at radius 1 is 1.04 bits per heavy atom. The molecule has 1 aromatic carbocycles. The van der Waals surface area contributed by atoms with Gasteiger partial charge in [0.2, 0.25) is 0 Å². The van der Waals surface area contributed by atoms with E-state index in [9.17, 15) is 4.79 Å². The van der Waals surface area contributed by atoms with Gasteiger partial charge in [0, 0.05) is 50.5 Å². The molecule has 1 fully saturated rings. The zero-order valence-corrected chi connectivity index (χ0v) is 14.6. The summed E-state index contributed by atoms with van der Waals surface area (Å²) in [6, 6.07) is 10.2. The molecule has 1 aliphatic heterocycles. The predicted molar refractivity (Wildman–Crippen MR) is 99.2 cm³/mol. The quantitative estimate of drug-likeness (QED) is 0.723. The van der Waals surface area contributed by atoms with Gasteiger partial charge in [-0.2, -0.15) is 0 Å². The van der Waals surface area contributed by atoms with Gasteiger partial charge in [0.25, 0.3) is 5.91 Å². The number of anilines is 1. The van der Waals surface area contributed by atoms with E-state index in [1.807, 2.05) is 33.8 Å². The third-order valence-corrected chi connectivity index (χ3v) is 5.12. The summed E-state index contributed by atoms with van der Waals surface area (Å²) in [6.45, 7) is 7.53. The van der Waals surface area contributed by atoms with E-state index in [0.717, 1.165) is 31.8 Å². The zero-order valence-electron chi connectivity index (χ0n) is 14.6. The van der Waals surface area contributed by atoms with Crippen LogP contribution in [0.4, 0.5) is 5.69 Å². The maximum Gasteiger partial charge on any atom is 0.255 e. The molecule has 2 aromatic heterocycles. The molecule has 5 nitrogen and oxygen atoms in total. The van der Waals surface area contributed by atoms with E-state index < -0.39 is 0 Å². The van der Waals surface area contributed by atoms with E-state index >= 15 is 0 Å². The highest BCUT2D eigenvalue weighted by atomic mass is 16.2. The monoisotopic (exact) mass is 334 g/mol. The number of carbonyl (C=O) groups is 1. The fourth-order valence-corrected chi connectivity index (χ4v) is 3.46. The molecule has 0 saturated carbocycles. The van der Waals surface area contributed by atoms with Crippen LogP contribution in [0.5, 0.6) is 0 Å². The molecule has 4 rings (SSSR count). The summed E-state index contributed by atoms with van der Waals surface area (Å²) in [5, 5.41) is 0. The highest BCUT2D eigenvalue weighted by Gasteiger charge is 2.23. The van der Waals surface area contributed by atoms with Crippen molar-refractivity contribution in [2.45, 2.75) is 13.8 Å². The lowest BCUT2D eigenvalue weighted by Crippen LogP contribution is -2.49. The Morgan fingerprint density at radius 3 is 2.64 bits per heavy atom. The number of aromatic nitrogens is 2. The average Bonchev–Trinajstić information content (AvgIpc) is 3.11. The lowest BCUT2D eigenvalue weighted by atomic mass is 10.1. The molecule has 1 saturated heterocycles. The number of amides is 1. The number of nitrogens with zero attached hydrogens (tertiary/aromatic N) is 4. The Balaban J connectivity index is 1.47. The van der Waals surface area contributed by atoms with Crippen LogP contribution in [0.2, 0.25) is 0 Å². The van der Waals surface area contributed by atoms with Gasteiger partial charge >= 0.3 is 0 Å². The summed E-state index contributed by atoms with van der Waals surface area (Å²) in [4.78, 5) is 21.3. The molecule has 0 aliphatic carbocycles. The molecule has 0 bridgehead atoms. The summed E-state index contributed by atoms with van der Waals surface area (Å²) in [5.41, 5.74) is 5.49. The van der Waals surface area contributed by atoms with Gasteiger partial charge < -0.3 is 14.2 Å². The maximum absolute atomic E-state index is 12.8. The molecule has 0 radical (unpaired) electrons. The van der Waals surface area contributed by atoms with Crippen molar-refractivity contribution in [2.75, 3.05) is 31.1 Å². The summed E-state index contributed by atoms with van der Waals surface area (Å²) >= 11 is 0. The fourth-order valence-electron chi connectivity index (χ4n) is 3.46. The second-order valence-corrected chi connectivity index (χ2v) is 6.61. The molecular formula is C20H22N4O. The molecule has 0 spiro atoms. The van der Waals surface area contributed by atoms with Gasteiger partial charge in [-0.05, 0) is 43.2 Å². The second kappa shape index (κ2) is 6.24. The molecule has 3 aromatic rings. The van der Waals surface area contributed by atoms with Gasteiger partial charge in [-0.3, -0.25) is 4.79 Å². The Bertz CT molecular complexity index is 922. The van der Waals surface area contributed by atoms with Crippen LogP contribution in [0, 0.1) is 13.8 Å². The van der Waals surface area contributed by atoms with Crippen LogP contribution in [0.15, 0.2) is 48.9 Å². The maximum atomic E-state index is 12.8. The predicted octanol–water partition coefficient (Wildman–Crippen LogP) is 2.91. The van der Waals surface area contributed by atoms with Gasteiger partial charge in [0.1, 0.15) is 5.65 Å². The normalized spacial score (nSPS) is 15.0. The Morgan fingerprint density at radius 2 is 1.84 bits per heavy atom. The number of hydrogen-bond acceptors (Lipinski definition) is 3. The van der Waals surface area contributed by atoms with Crippen LogP contribution in [0.25, 0.3) is 5.65 Å². The van der Waals surface area contributed by atoms with Crippen LogP contribution >= 0.6 is 0 Å². The van der Waals surface area contributed by atoms with E-state index in [1.54, 1.807) is 6.20 Å². The summed E-state index contributed by atoms with van der Waals surface area (Å²) in [7, 11) is 0. The number of aryl methyl sites for hydroxylation is 1. The van der Waals surface area contributed by atoms with Gasteiger partial charge in [0.15, 0.2) is 0 Å². The molecule has 5 heteroatoms. The van der Waals surface area contributed by atoms with E-state index in [1.165, 1.54) is 16.8 Å². The van der Waals surface area contributed by atoms with Crippen molar-refractivity contribution in [3.63, 3.8) is 0 Å². The van der Waals surface area contributed by atoms with Crippen LogP contribution in [-0.4, -0.2) is 46.4 Å². The Kier molecular flexibility index (Phi) is 3.92. The minimum atomic E-state index is 0.0937. The molecular weight excluding hydrogens is 312 g/mol. The topological polar surface area (TPSA) is 40.8 Å². The summed E-state index contributed by atoms with van der Waals surface area (Å²) < 4.78 is 1.89.